The number of ether oxygens (including phenoxy) is 1. The van der Waals surface area contributed by atoms with Gasteiger partial charge in [-0.15, -0.1) is 0 Å². The van der Waals surface area contributed by atoms with Gasteiger partial charge >= 0.3 is 0 Å². The molecule has 1 unspecified atom stereocenters. The van der Waals surface area contributed by atoms with E-state index >= 15 is 0 Å². The molecule has 17 heavy (non-hydrogen) atoms. The third-order valence-electron chi connectivity index (χ3n) is 2.26. The van der Waals surface area contributed by atoms with Gasteiger partial charge in [-0.25, -0.2) is 4.39 Å². The lowest BCUT2D eigenvalue weighted by Crippen LogP contribution is -2.41. The Labute approximate surface area is 100 Å². The summed E-state index contributed by atoms with van der Waals surface area (Å²) < 4.78 is 18.1. The van der Waals surface area contributed by atoms with Crippen LogP contribution in [0.2, 0.25) is 0 Å². The highest BCUT2D eigenvalue weighted by molar-refractivity contribution is 5.80. The van der Waals surface area contributed by atoms with E-state index in [1.54, 1.807) is 26.1 Å². The van der Waals surface area contributed by atoms with E-state index in [1.165, 1.54) is 17.0 Å². The fraction of sp³-hybridized carbons (Fsp3) is 0.417. The van der Waals surface area contributed by atoms with Crippen LogP contribution in [-0.4, -0.2) is 37.0 Å². The van der Waals surface area contributed by atoms with Crippen molar-refractivity contribution in [3.05, 3.63) is 30.1 Å². The van der Waals surface area contributed by atoms with Gasteiger partial charge in [0.1, 0.15) is 18.2 Å². The molecule has 1 atom stereocenters. The van der Waals surface area contributed by atoms with Crippen molar-refractivity contribution in [1.82, 2.24) is 4.90 Å². The molecule has 2 N–H and O–H groups in total. The average Bonchev–Trinajstić information content (AvgIpc) is 2.27. The molecule has 4 nitrogen and oxygen atoms in total. The minimum Gasteiger partial charge on any atom is -0.492 e. The maximum absolute atomic E-state index is 12.8. The zero-order valence-corrected chi connectivity index (χ0v) is 10.0. The molecule has 1 amide bonds. The predicted molar refractivity (Wildman–Crippen MR) is 63.2 cm³/mol. The number of nitrogens with two attached hydrogens (primary N) is 1. The molecule has 0 saturated heterocycles. The van der Waals surface area contributed by atoms with E-state index in [4.69, 9.17) is 10.5 Å². The van der Waals surface area contributed by atoms with E-state index in [2.05, 4.69) is 0 Å². The zero-order valence-electron chi connectivity index (χ0n) is 10.0. The largest absolute Gasteiger partial charge is 0.492 e. The van der Waals surface area contributed by atoms with Crippen LogP contribution in [0, 0.1) is 5.82 Å². The minimum absolute atomic E-state index is 0.146. The molecular weight excluding hydrogens is 223 g/mol. The van der Waals surface area contributed by atoms with Crippen LogP contribution in [-0.2, 0) is 4.79 Å². The van der Waals surface area contributed by atoms with E-state index in [1.807, 2.05) is 0 Å². The summed E-state index contributed by atoms with van der Waals surface area (Å²) in [7, 11) is 1.65. The number of rotatable bonds is 5. The first-order valence-corrected chi connectivity index (χ1v) is 5.39. The number of amides is 1. The number of nitrogens with zero attached hydrogens (tertiary/aromatic N) is 1. The van der Waals surface area contributed by atoms with Crippen LogP contribution in [0.5, 0.6) is 5.75 Å². The highest BCUT2D eigenvalue weighted by Crippen LogP contribution is 2.11. The van der Waals surface area contributed by atoms with Crippen molar-refractivity contribution in [2.24, 2.45) is 5.73 Å². The molecule has 0 aromatic heterocycles. The summed E-state index contributed by atoms with van der Waals surface area (Å²) in [5.74, 6) is -0.0398. The lowest BCUT2D eigenvalue weighted by atomic mass is 10.3. The van der Waals surface area contributed by atoms with Crippen molar-refractivity contribution < 1.29 is 13.9 Å². The summed E-state index contributed by atoms with van der Waals surface area (Å²) in [6.07, 6.45) is 0. The van der Waals surface area contributed by atoms with Crippen LogP contribution in [0.25, 0.3) is 0 Å². The van der Waals surface area contributed by atoms with Gasteiger partial charge in [0.15, 0.2) is 0 Å². The van der Waals surface area contributed by atoms with Gasteiger partial charge in [0, 0.05) is 13.1 Å². The average molecular weight is 240 g/mol. The molecule has 94 valence electrons. The highest BCUT2D eigenvalue weighted by Gasteiger charge is 2.12. The Morgan fingerprint density at radius 1 is 1.59 bits per heavy atom. The third kappa shape index (κ3) is 4.40. The summed E-state index contributed by atoms with van der Waals surface area (Å²) >= 11 is 0. The van der Waals surface area contributed by atoms with Gasteiger partial charge in [0.25, 0.3) is 0 Å². The molecule has 5 heteroatoms. The number of halogens is 1. The Kier molecular flexibility index (Phi) is 4.90. The second kappa shape index (κ2) is 6.20. The van der Waals surface area contributed by atoms with E-state index in [0.717, 1.165) is 0 Å². The molecule has 1 aromatic rings. The van der Waals surface area contributed by atoms with Crippen LogP contribution < -0.4 is 10.5 Å². The van der Waals surface area contributed by atoms with Gasteiger partial charge in [-0.2, -0.15) is 0 Å². The van der Waals surface area contributed by atoms with Gasteiger partial charge in [-0.05, 0) is 19.1 Å². The Morgan fingerprint density at radius 3 is 2.88 bits per heavy atom. The molecule has 0 aliphatic heterocycles. The molecule has 0 aliphatic rings. The molecular formula is C12H17FN2O2. The maximum atomic E-state index is 12.8. The maximum Gasteiger partial charge on any atom is 0.239 e. The van der Waals surface area contributed by atoms with Gasteiger partial charge in [0.2, 0.25) is 5.91 Å². The van der Waals surface area contributed by atoms with Crippen LogP contribution >= 0.6 is 0 Å². The lowest BCUT2D eigenvalue weighted by molar-refractivity contribution is -0.131. The summed E-state index contributed by atoms with van der Waals surface area (Å²) in [5.41, 5.74) is 5.46. The standard InChI is InChI=1S/C12H17FN2O2/c1-9(14)12(16)15(2)6-7-17-11-5-3-4-10(13)8-11/h3-5,8-9H,6-7,14H2,1-2H3. The summed E-state index contributed by atoms with van der Waals surface area (Å²) in [5, 5.41) is 0. The number of hydrogen-bond acceptors (Lipinski definition) is 3. The molecule has 0 heterocycles. The van der Waals surface area contributed by atoms with Crippen LogP contribution in [0.15, 0.2) is 24.3 Å². The van der Waals surface area contributed by atoms with Crippen molar-refractivity contribution in [3.8, 4) is 5.75 Å². The van der Waals surface area contributed by atoms with Crippen molar-refractivity contribution in [2.45, 2.75) is 13.0 Å². The molecule has 0 aliphatic carbocycles. The quantitative estimate of drug-likeness (QED) is 0.835. The Morgan fingerprint density at radius 2 is 2.29 bits per heavy atom. The van der Waals surface area contributed by atoms with Crippen LogP contribution in [0.1, 0.15) is 6.92 Å². The van der Waals surface area contributed by atoms with Gasteiger partial charge in [0.05, 0.1) is 12.6 Å². The normalized spacial score (nSPS) is 12.0. The van der Waals surface area contributed by atoms with Gasteiger partial charge in [-0.1, -0.05) is 6.07 Å². The molecule has 1 aromatic carbocycles. The first kappa shape index (κ1) is 13.4. The topological polar surface area (TPSA) is 55.6 Å². The fourth-order valence-corrected chi connectivity index (χ4v) is 1.32. The number of carbonyl (C=O) groups is 1. The highest BCUT2D eigenvalue weighted by atomic mass is 19.1. The van der Waals surface area contributed by atoms with Crippen molar-refractivity contribution in [1.29, 1.82) is 0 Å². The lowest BCUT2D eigenvalue weighted by Gasteiger charge is -2.19. The minimum atomic E-state index is -0.519. The van der Waals surface area contributed by atoms with E-state index in [9.17, 15) is 9.18 Å². The van der Waals surface area contributed by atoms with Gasteiger partial charge in [-0.3, -0.25) is 4.79 Å². The van der Waals surface area contributed by atoms with Gasteiger partial charge < -0.3 is 15.4 Å². The predicted octanol–water partition coefficient (Wildman–Crippen LogP) is 1.01. The van der Waals surface area contributed by atoms with Crippen molar-refractivity contribution in [2.75, 3.05) is 20.2 Å². The molecule has 0 bridgehead atoms. The first-order valence-electron chi connectivity index (χ1n) is 5.39. The SMILES string of the molecule is CC(N)C(=O)N(C)CCOc1cccc(F)c1. The summed E-state index contributed by atoms with van der Waals surface area (Å²) in [4.78, 5) is 12.9. The molecule has 1 rings (SSSR count). The van der Waals surface area contributed by atoms with Crippen LogP contribution in [0.3, 0.4) is 0 Å². The van der Waals surface area contributed by atoms with E-state index in [-0.39, 0.29) is 11.7 Å². The smallest absolute Gasteiger partial charge is 0.239 e. The van der Waals surface area contributed by atoms with Crippen molar-refractivity contribution >= 4 is 5.91 Å². The first-order chi connectivity index (χ1) is 8.00. The number of likely N-dealkylation sites (N-methyl/N-ethyl adjacent to an activating group) is 1. The molecule has 0 radical (unpaired) electrons. The van der Waals surface area contributed by atoms with Crippen molar-refractivity contribution in [3.63, 3.8) is 0 Å². The third-order valence-corrected chi connectivity index (χ3v) is 2.26. The molecule has 0 spiro atoms. The fourth-order valence-electron chi connectivity index (χ4n) is 1.32. The summed E-state index contributed by atoms with van der Waals surface area (Å²) in [6, 6.07) is 5.36. The molecule has 0 saturated carbocycles. The zero-order chi connectivity index (χ0) is 12.8. The van der Waals surface area contributed by atoms with Crippen LogP contribution in [0.4, 0.5) is 4.39 Å². The number of hydrogen-bond donors (Lipinski definition) is 1. The Bertz CT molecular complexity index is 383. The van der Waals surface area contributed by atoms with E-state index < -0.39 is 6.04 Å². The Hall–Kier alpha value is -1.62. The second-order valence-electron chi connectivity index (χ2n) is 3.85. The monoisotopic (exact) mass is 240 g/mol. The second-order valence-corrected chi connectivity index (χ2v) is 3.85. The molecule has 0 fully saturated rings. The summed E-state index contributed by atoms with van der Waals surface area (Å²) in [6.45, 7) is 2.35. The number of carbonyl (C=O) groups excluding carboxylic acids is 1. The number of benzene rings is 1. The Balaban J connectivity index is 2.35. The van der Waals surface area contributed by atoms with E-state index in [0.29, 0.717) is 18.9 Å².